The van der Waals surface area contributed by atoms with Gasteiger partial charge >= 0.3 is 5.97 Å². The SMILES string of the molecule is CCOC(=O)C(Nc1ccc(OC)cc1)C(=O)c1ccccc1. The third kappa shape index (κ3) is 4.32. The van der Waals surface area contributed by atoms with Crippen molar-refractivity contribution in [3.63, 3.8) is 0 Å². The van der Waals surface area contributed by atoms with Gasteiger partial charge in [0.2, 0.25) is 0 Å². The fourth-order valence-electron chi connectivity index (χ4n) is 2.08. The number of ketones is 1. The zero-order valence-corrected chi connectivity index (χ0v) is 13.1. The van der Waals surface area contributed by atoms with E-state index in [0.717, 1.165) is 0 Å². The van der Waals surface area contributed by atoms with Crippen molar-refractivity contribution in [1.82, 2.24) is 0 Å². The summed E-state index contributed by atoms with van der Waals surface area (Å²) in [5.41, 5.74) is 1.08. The van der Waals surface area contributed by atoms with Crippen LogP contribution in [0.3, 0.4) is 0 Å². The number of ether oxygens (including phenoxy) is 2. The summed E-state index contributed by atoms with van der Waals surface area (Å²) in [6.45, 7) is 1.91. The zero-order chi connectivity index (χ0) is 16.7. The van der Waals surface area contributed by atoms with E-state index in [4.69, 9.17) is 9.47 Å². The van der Waals surface area contributed by atoms with Crippen LogP contribution >= 0.6 is 0 Å². The lowest BCUT2D eigenvalue weighted by atomic mass is 10.0. The Hall–Kier alpha value is -2.82. The van der Waals surface area contributed by atoms with Crippen LogP contribution in [-0.4, -0.2) is 31.5 Å². The molecular formula is C18H19NO4. The molecule has 0 aliphatic carbocycles. The van der Waals surface area contributed by atoms with Crippen LogP contribution in [0.4, 0.5) is 5.69 Å². The maximum absolute atomic E-state index is 12.6. The first-order chi connectivity index (χ1) is 11.2. The molecule has 0 fully saturated rings. The molecule has 5 heteroatoms. The van der Waals surface area contributed by atoms with Crippen LogP contribution in [0.25, 0.3) is 0 Å². The minimum absolute atomic E-state index is 0.210. The van der Waals surface area contributed by atoms with E-state index < -0.39 is 12.0 Å². The Balaban J connectivity index is 2.23. The van der Waals surface area contributed by atoms with Gasteiger partial charge in [-0.3, -0.25) is 4.79 Å². The molecule has 0 amide bonds. The standard InChI is InChI=1S/C18H19NO4/c1-3-23-18(21)16(17(20)13-7-5-4-6-8-13)19-14-9-11-15(22-2)12-10-14/h4-12,16,19H,3H2,1-2H3. The maximum atomic E-state index is 12.6. The molecule has 0 spiro atoms. The third-order valence-corrected chi connectivity index (χ3v) is 3.24. The van der Waals surface area contributed by atoms with Crippen molar-refractivity contribution in [2.45, 2.75) is 13.0 Å². The van der Waals surface area contributed by atoms with Crippen LogP contribution in [-0.2, 0) is 9.53 Å². The van der Waals surface area contributed by atoms with E-state index in [0.29, 0.717) is 17.0 Å². The Morgan fingerprint density at radius 2 is 1.70 bits per heavy atom. The summed E-state index contributed by atoms with van der Waals surface area (Å²) in [6, 6.07) is 14.5. The Labute approximate surface area is 135 Å². The highest BCUT2D eigenvalue weighted by atomic mass is 16.5. The molecule has 0 aliphatic heterocycles. The summed E-state index contributed by atoms with van der Waals surface area (Å²) in [5, 5.41) is 2.93. The van der Waals surface area contributed by atoms with Gasteiger partial charge in [-0.15, -0.1) is 0 Å². The molecule has 0 saturated heterocycles. The number of carbonyl (C=O) groups is 2. The average molecular weight is 313 g/mol. The number of carbonyl (C=O) groups excluding carboxylic acids is 2. The average Bonchev–Trinajstić information content (AvgIpc) is 2.60. The van der Waals surface area contributed by atoms with Gasteiger partial charge in [0.15, 0.2) is 11.8 Å². The molecule has 2 rings (SSSR count). The highest BCUT2D eigenvalue weighted by molar-refractivity contribution is 6.13. The number of rotatable bonds is 7. The fourth-order valence-corrected chi connectivity index (χ4v) is 2.08. The summed E-state index contributed by atoms with van der Waals surface area (Å²) in [4.78, 5) is 24.8. The molecule has 1 N–H and O–H groups in total. The fraction of sp³-hybridized carbons (Fsp3) is 0.222. The number of Topliss-reactive ketones (excluding diaryl/α,β-unsaturated/α-hetero) is 1. The van der Waals surface area contributed by atoms with E-state index in [-0.39, 0.29) is 12.4 Å². The van der Waals surface area contributed by atoms with Crippen molar-refractivity contribution < 1.29 is 19.1 Å². The predicted octanol–water partition coefficient (Wildman–Crippen LogP) is 2.92. The van der Waals surface area contributed by atoms with E-state index in [1.807, 2.05) is 6.07 Å². The van der Waals surface area contributed by atoms with Gasteiger partial charge in [0.1, 0.15) is 5.75 Å². The number of benzene rings is 2. The predicted molar refractivity (Wildman–Crippen MR) is 87.8 cm³/mol. The number of hydrogen-bond acceptors (Lipinski definition) is 5. The molecule has 2 aromatic rings. The smallest absolute Gasteiger partial charge is 0.336 e. The molecule has 0 aliphatic rings. The lowest BCUT2D eigenvalue weighted by Gasteiger charge is -2.17. The molecule has 1 atom stereocenters. The van der Waals surface area contributed by atoms with Gasteiger partial charge < -0.3 is 14.8 Å². The summed E-state index contributed by atoms with van der Waals surface area (Å²) in [6.07, 6.45) is 0. The van der Waals surface area contributed by atoms with Gasteiger partial charge in [0, 0.05) is 11.3 Å². The number of anilines is 1. The van der Waals surface area contributed by atoms with E-state index in [1.54, 1.807) is 62.6 Å². The summed E-state index contributed by atoms with van der Waals surface area (Å²) >= 11 is 0. The molecule has 2 aromatic carbocycles. The van der Waals surface area contributed by atoms with Gasteiger partial charge in [-0.05, 0) is 31.2 Å². The maximum Gasteiger partial charge on any atom is 0.336 e. The highest BCUT2D eigenvalue weighted by Crippen LogP contribution is 2.17. The molecule has 120 valence electrons. The van der Waals surface area contributed by atoms with E-state index in [9.17, 15) is 9.59 Å². The second kappa shape index (κ2) is 7.98. The molecule has 1 unspecified atom stereocenters. The summed E-state index contributed by atoms with van der Waals surface area (Å²) < 4.78 is 10.1. The van der Waals surface area contributed by atoms with E-state index in [2.05, 4.69) is 5.32 Å². The topological polar surface area (TPSA) is 64.6 Å². The normalized spacial score (nSPS) is 11.4. The summed E-state index contributed by atoms with van der Waals surface area (Å²) in [7, 11) is 1.57. The second-order valence-corrected chi connectivity index (χ2v) is 4.79. The van der Waals surface area contributed by atoms with Gasteiger partial charge in [-0.2, -0.15) is 0 Å². The lowest BCUT2D eigenvalue weighted by Crippen LogP contribution is -2.39. The molecule has 0 bridgehead atoms. The number of esters is 1. The van der Waals surface area contributed by atoms with Gasteiger partial charge in [-0.25, -0.2) is 4.79 Å². The monoisotopic (exact) mass is 313 g/mol. The number of hydrogen-bond donors (Lipinski definition) is 1. The zero-order valence-electron chi connectivity index (χ0n) is 13.1. The lowest BCUT2D eigenvalue weighted by molar-refractivity contribution is -0.142. The molecule has 0 heterocycles. The van der Waals surface area contributed by atoms with Crippen LogP contribution in [0.5, 0.6) is 5.75 Å². The van der Waals surface area contributed by atoms with Crippen molar-refractivity contribution in [2.75, 3.05) is 19.0 Å². The van der Waals surface area contributed by atoms with Gasteiger partial charge in [0.05, 0.1) is 13.7 Å². The Morgan fingerprint density at radius 3 is 2.26 bits per heavy atom. The second-order valence-electron chi connectivity index (χ2n) is 4.79. The van der Waals surface area contributed by atoms with Gasteiger partial charge in [0.25, 0.3) is 0 Å². The minimum Gasteiger partial charge on any atom is -0.497 e. The first-order valence-electron chi connectivity index (χ1n) is 7.32. The molecular weight excluding hydrogens is 294 g/mol. The highest BCUT2D eigenvalue weighted by Gasteiger charge is 2.28. The van der Waals surface area contributed by atoms with Crippen LogP contribution in [0, 0.1) is 0 Å². The molecule has 23 heavy (non-hydrogen) atoms. The van der Waals surface area contributed by atoms with Crippen LogP contribution < -0.4 is 10.1 Å². The van der Waals surface area contributed by atoms with E-state index in [1.165, 1.54) is 0 Å². The van der Waals surface area contributed by atoms with Crippen molar-refractivity contribution in [3.05, 3.63) is 60.2 Å². The van der Waals surface area contributed by atoms with Gasteiger partial charge in [-0.1, -0.05) is 30.3 Å². The summed E-state index contributed by atoms with van der Waals surface area (Å²) in [5.74, 6) is -0.241. The van der Waals surface area contributed by atoms with Crippen LogP contribution in [0.2, 0.25) is 0 Å². The minimum atomic E-state index is -1.09. The van der Waals surface area contributed by atoms with Crippen molar-refractivity contribution in [2.24, 2.45) is 0 Å². The van der Waals surface area contributed by atoms with Crippen molar-refractivity contribution in [3.8, 4) is 5.75 Å². The Kier molecular flexibility index (Phi) is 5.74. The van der Waals surface area contributed by atoms with Crippen LogP contribution in [0.15, 0.2) is 54.6 Å². The molecule has 5 nitrogen and oxygen atoms in total. The van der Waals surface area contributed by atoms with Crippen LogP contribution in [0.1, 0.15) is 17.3 Å². The largest absolute Gasteiger partial charge is 0.497 e. The molecule has 0 radical (unpaired) electrons. The number of nitrogens with one attached hydrogen (secondary N) is 1. The third-order valence-electron chi connectivity index (χ3n) is 3.24. The van der Waals surface area contributed by atoms with Crippen molar-refractivity contribution >= 4 is 17.4 Å². The molecule has 0 aromatic heterocycles. The Bertz CT molecular complexity index is 652. The van der Waals surface area contributed by atoms with E-state index >= 15 is 0 Å². The first-order valence-corrected chi connectivity index (χ1v) is 7.32. The number of methoxy groups -OCH3 is 1. The first kappa shape index (κ1) is 16.5. The Morgan fingerprint density at radius 1 is 1.04 bits per heavy atom. The molecule has 0 saturated carbocycles. The quantitative estimate of drug-likeness (QED) is 0.484. The van der Waals surface area contributed by atoms with Crippen molar-refractivity contribution in [1.29, 1.82) is 0 Å².